The molecular weight excluding hydrogens is 562 g/mol. The zero-order valence-corrected chi connectivity index (χ0v) is 23.5. The van der Waals surface area contributed by atoms with Crippen molar-refractivity contribution in [2.75, 3.05) is 6.54 Å². The molecule has 188 valence electrons. The van der Waals surface area contributed by atoms with E-state index >= 15 is 0 Å². The van der Waals surface area contributed by atoms with Crippen LogP contribution in [-0.2, 0) is 20.0 Å². The number of benzene rings is 2. The minimum Gasteiger partial charge on any atom is -0.211 e. The standard InChI is InChI=1S/C22H26Cl4N2O4S2/c1-21(2)10-16(28-34(31,32)20-9-15(24)5-7-18(20)26)11-22(3,12-21)13-27-33(29,30)19-8-14(23)4-6-17(19)25/h4-9,16,27-28H,10-13H2,1-3H3/t16-,22-/m0/s1. The van der Waals surface area contributed by atoms with E-state index in [4.69, 9.17) is 46.4 Å². The summed E-state index contributed by atoms with van der Waals surface area (Å²) >= 11 is 24.1. The monoisotopic (exact) mass is 586 g/mol. The lowest BCUT2D eigenvalue weighted by Gasteiger charge is -2.46. The Morgan fingerprint density at radius 3 is 1.85 bits per heavy atom. The van der Waals surface area contributed by atoms with Crippen molar-refractivity contribution in [2.45, 2.75) is 55.9 Å². The maximum Gasteiger partial charge on any atom is 0.242 e. The average Bonchev–Trinajstić information content (AvgIpc) is 2.68. The number of sulfonamides is 2. The van der Waals surface area contributed by atoms with Gasteiger partial charge >= 0.3 is 0 Å². The molecule has 0 unspecified atom stereocenters. The van der Waals surface area contributed by atoms with Crippen molar-refractivity contribution < 1.29 is 16.8 Å². The Morgan fingerprint density at radius 2 is 1.32 bits per heavy atom. The van der Waals surface area contributed by atoms with Gasteiger partial charge in [0.15, 0.2) is 0 Å². The Balaban J connectivity index is 1.81. The third kappa shape index (κ3) is 6.79. The lowest BCUT2D eigenvalue weighted by molar-refractivity contribution is 0.0821. The van der Waals surface area contributed by atoms with Crippen molar-refractivity contribution in [3.8, 4) is 0 Å². The summed E-state index contributed by atoms with van der Waals surface area (Å²) in [7, 11) is -7.88. The predicted molar refractivity (Wildman–Crippen MR) is 138 cm³/mol. The molecule has 1 saturated carbocycles. The highest BCUT2D eigenvalue weighted by atomic mass is 35.5. The van der Waals surface area contributed by atoms with E-state index in [1.54, 1.807) is 0 Å². The van der Waals surface area contributed by atoms with Crippen molar-refractivity contribution in [3.63, 3.8) is 0 Å². The maximum absolute atomic E-state index is 13.1. The zero-order valence-electron chi connectivity index (χ0n) is 18.8. The van der Waals surface area contributed by atoms with Crippen LogP contribution in [0.3, 0.4) is 0 Å². The number of rotatable bonds is 7. The average molecular weight is 588 g/mol. The van der Waals surface area contributed by atoms with Gasteiger partial charge in [0.25, 0.3) is 0 Å². The van der Waals surface area contributed by atoms with E-state index < -0.39 is 31.5 Å². The number of halogens is 4. The van der Waals surface area contributed by atoms with Crippen LogP contribution in [0.15, 0.2) is 46.2 Å². The van der Waals surface area contributed by atoms with Gasteiger partial charge in [-0.05, 0) is 66.5 Å². The predicted octanol–water partition coefficient (Wildman–Crippen LogP) is 6.14. The SMILES string of the molecule is CC1(C)C[C@H](NS(=O)(=O)c2cc(Cl)ccc2Cl)C[C@](C)(CNS(=O)(=O)c2cc(Cl)ccc2Cl)C1. The minimum absolute atomic E-state index is 0.0649. The van der Waals surface area contributed by atoms with Crippen LogP contribution in [0, 0.1) is 10.8 Å². The van der Waals surface area contributed by atoms with Gasteiger partial charge < -0.3 is 0 Å². The van der Waals surface area contributed by atoms with E-state index in [-0.39, 0.29) is 41.8 Å². The van der Waals surface area contributed by atoms with E-state index in [9.17, 15) is 16.8 Å². The quantitative estimate of drug-likeness (QED) is 0.407. The number of nitrogens with one attached hydrogen (secondary N) is 2. The highest BCUT2D eigenvalue weighted by Crippen LogP contribution is 2.46. The molecule has 1 aliphatic carbocycles. The number of hydrogen-bond donors (Lipinski definition) is 2. The molecule has 0 heterocycles. The molecule has 0 radical (unpaired) electrons. The van der Waals surface area contributed by atoms with E-state index in [1.165, 1.54) is 36.4 Å². The smallest absolute Gasteiger partial charge is 0.211 e. The van der Waals surface area contributed by atoms with Crippen LogP contribution in [0.25, 0.3) is 0 Å². The Hall–Kier alpha value is -0.580. The molecule has 0 spiro atoms. The largest absolute Gasteiger partial charge is 0.242 e. The topological polar surface area (TPSA) is 92.3 Å². The molecular formula is C22H26Cl4N2O4S2. The summed E-state index contributed by atoms with van der Waals surface area (Å²) in [6, 6.07) is 8.05. The van der Waals surface area contributed by atoms with E-state index in [2.05, 4.69) is 9.44 Å². The van der Waals surface area contributed by atoms with Gasteiger partial charge in [-0.3, -0.25) is 0 Å². The van der Waals surface area contributed by atoms with Crippen molar-refractivity contribution >= 4 is 66.5 Å². The summed E-state index contributed by atoms with van der Waals surface area (Å²) in [5.41, 5.74) is -0.789. The molecule has 2 aromatic rings. The van der Waals surface area contributed by atoms with E-state index in [0.29, 0.717) is 19.3 Å². The van der Waals surface area contributed by atoms with Crippen molar-refractivity contribution in [1.82, 2.24) is 9.44 Å². The molecule has 0 aliphatic heterocycles. The highest BCUT2D eigenvalue weighted by molar-refractivity contribution is 7.90. The normalized spacial score (nSPS) is 23.1. The highest BCUT2D eigenvalue weighted by Gasteiger charge is 2.43. The summed E-state index contributed by atoms with van der Waals surface area (Å²) in [5, 5.41) is 0.646. The lowest BCUT2D eigenvalue weighted by atomic mass is 9.63. The van der Waals surface area contributed by atoms with Gasteiger partial charge in [-0.2, -0.15) is 0 Å². The van der Waals surface area contributed by atoms with Crippen molar-refractivity contribution in [3.05, 3.63) is 56.5 Å². The molecule has 0 amide bonds. The molecule has 6 nitrogen and oxygen atoms in total. The first-order chi connectivity index (χ1) is 15.5. The van der Waals surface area contributed by atoms with Crippen LogP contribution in [-0.4, -0.2) is 29.4 Å². The fourth-order valence-electron chi connectivity index (χ4n) is 4.85. The molecule has 2 N–H and O–H groups in total. The summed E-state index contributed by atoms with van der Waals surface area (Å²) < 4.78 is 57.4. The molecule has 0 aromatic heterocycles. The molecule has 3 rings (SSSR count). The third-order valence-corrected chi connectivity index (χ3v) is 10.2. The molecule has 2 aromatic carbocycles. The zero-order chi connectivity index (χ0) is 25.5. The maximum atomic E-state index is 13.1. The second-order valence-corrected chi connectivity index (χ2v) is 15.0. The van der Waals surface area contributed by atoms with Gasteiger partial charge in [0.05, 0.1) is 10.0 Å². The van der Waals surface area contributed by atoms with Gasteiger partial charge in [0.1, 0.15) is 9.79 Å². The molecule has 2 atom stereocenters. The Labute approximate surface area is 221 Å². The van der Waals surface area contributed by atoms with Crippen molar-refractivity contribution in [1.29, 1.82) is 0 Å². The molecule has 12 heteroatoms. The van der Waals surface area contributed by atoms with Crippen LogP contribution < -0.4 is 9.44 Å². The van der Waals surface area contributed by atoms with Crippen LogP contribution >= 0.6 is 46.4 Å². The van der Waals surface area contributed by atoms with Crippen LogP contribution in [0.4, 0.5) is 0 Å². The van der Waals surface area contributed by atoms with Gasteiger partial charge in [0, 0.05) is 22.6 Å². The lowest BCUT2D eigenvalue weighted by Crippen LogP contribution is -2.50. The second kappa shape index (κ2) is 10.1. The fourth-order valence-corrected chi connectivity index (χ4v) is 8.81. The van der Waals surface area contributed by atoms with Gasteiger partial charge in [-0.15, -0.1) is 0 Å². The summed E-state index contributed by atoms with van der Waals surface area (Å²) in [6.07, 6.45) is 1.68. The fraction of sp³-hybridized carbons (Fsp3) is 0.455. The molecule has 34 heavy (non-hydrogen) atoms. The molecule has 1 aliphatic rings. The first kappa shape index (κ1) is 28.0. The number of hydrogen-bond acceptors (Lipinski definition) is 4. The van der Waals surface area contributed by atoms with Crippen LogP contribution in [0.2, 0.25) is 20.1 Å². The third-order valence-electron chi connectivity index (χ3n) is 5.82. The molecule has 0 saturated heterocycles. The Bertz CT molecular complexity index is 1300. The Morgan fingerprint density at radius 1 is 0.824 bits per heavy atom. The van der Waals surface area contributed by atoms with Gasteiger partial charge in [-0.25, -0.2) is 26.3 Å². The summed E-state index contributed by atoms with van der Waals surface area (Å²) in [6.45, 7) is 6.09. The first-order valence-corrected chi connectivity index (χ1v) is 14.9. The van der Waals surface area contributed by atoms with Crippen molar-refractivity contribution in [2.24, 2.45) is 10.8 Å². The van der Waals surface area contributed by atoms with Crippen LogP contribution in [0.1, 0.15) is 40.0 Å². The minimum atomic E-state index is -3.95. The second-order valence-electron chi connectivity index (χ2n) is 9.85. The summed E-state index contributed by atoms with van der Waals surface area (Å²) in [4.78, 5) is -0.198. The van der Waals surface area contributed by atoms with E-state index in [1.807, 2.05) is 20.8 Å². The van der Waals surface area contributed by atoms with Gasteiger partial charge in [-0.1, -0.05) is 67.2 Å². The van der Waals surface area contributed by atoms with Gasteiger partial charge in [0.2, 0.25) is 20.0 Å². The molecule has 0 bridgehead atoms. The Kier molecular flexibility index (Phi) is 8.28. The van der Waals surface area contributed by atoms with Crippen LogP contribution in [0.5, 0.6) is 0 Å². The molecule has 1 fully saturated rings. The summed E-state index contributed by atoms with van der Waals surface area (Å²) in [5.74, 6) is 0. The van der Waals surface area contributed by atoms with E-state index in [0.717, 1.165) is 0 Å². The first-order valence-electron chi connectivity index (χ1n) is 10.4.